The molecular weight excluding hydrogens is 165 g/mol. The van der Waals surface area contributed by atoms with Crippen LogP contribution in [0.3, 0.4) is 0 Å². The van der Waals surface area contributed by atoms with Crippen molar-refractivity contribution >= 4 is 0 Å². The lowest BCUT2D eigenvalue weighted by Gasteiger charge is -2.26. The van der Waals surface area contributed by atoms with Crippen molar-refractivity contribution < 1.29 is 4.39 Å². The van der Waals surface area contributed by atoms with Gasteiger partial charge in [0.15, 0.2) is 0 Å². The van der Waals surface area contributed by atoms with Gasteiger partial charge in [-0.15, -0.1) is 0 Å². The van der Waals surface area contributed by atoms with Crippen LogP contribution in [0.15, 0.2) is 0 Å². The Balaban J connectivity index is 2.41. The number of hydrogen-bond acceptors (Lipinski definition) is 1. The third-order valence-electron chi connectivity index (χ3n) is 3.01. The zero-order valence-electron chi connectivity index (χ0n) is 9.09. The van der Waals surface area contributed by atoms with E-state index in [0.29, 0.717) is 18.4 Å². The molecule has 0 N–H and O–H groups in total. The lowest BCUT2D eigenvalue weighted by molar-refractivity contribution is 0.197. The molecule has 0 spiro atoms. The standard InChI is InChI=1S/C11H22FN/c1-9(2)11-7-10(3)8-13(11)6-4-5-12/h9-11H,4-8H2,1-3H3. The van der Waals surface area contributed by atoms with Crippen LogP contribution in [-0.2, 0) is 0 Å². The Morgan fingerprint density at radius 2 is 2.15 bits per heavy atom. The zero-order valence-corrected chi connectivity index (χ0v) is 9.09. The fraction of sp³-hybridized carbons (Fsp3) is 1.00. The molecule has 1 heterocycles. The molecule has 78 valence electrons. The summed E-state index contributed by atoms with van der Waals surface area (Å²) in [4.78, 5) is 2.47. The molecule has 1 fully saturated rings. The van der Waals surface area contributed by atoms with E-state index in [2.05, 4.69) is 25.7 Å². The molecule has 2 unspecified atom stereocenters. The van der Waals surface area contributed by atoms with Gasteiger partial charge in [0.25, 0.3) is 0 Å². The van der Waals surface area contributed by atoms with Gasteiger partial charge < -0.3 is 0 Å². The summed E-state index contributed by atoms with van der Waals surface area (Å²) in [5.41, 5.74) is 0. The van der Waals surface area contributed by atoms with E-state index in [1.54, 1.807) is 0 Å². The summed E-state index contributed by atoms with van der Waals surface area (Å²) >= 11 is 0. The molecule has 0 aromatic rings. The summed E-state index contributed by atoms with van der Waals surface area (Å²) in [6.45, 7) is 8.78. The van der Waals surface area contributed by atoms with Crippen LogP contribution in [0.2, 0.25) is 0 Å². The Morgan fingerprint density at radius 1 is 1.46 bits per heavy atom. The van der Waals surface area contributed by atoms with E-state index < -0.39 is 0 Å². The smallest absolute Gasteiger partial charge is 0.0906 e. The Hall–Kier alpha value is -0.110. The molecule has 0 saturated carbocycles. The molecule has 0 amide bonds. The van der Waals surface area contributed by atoms with Crippen molar-refractivity contribution in [2.45, 2.75) is 39.7 Å². The van der Waals surface area contributed by atoms with Crippen LogP contribution in [0.4, 0.5) is 4.39 Å². The summed E-state index contributed by atoms with van der Waals surface area (Å²) in [5, 5.41) is 0. The highest BCUT2D eigenvalue weighted by atomic mass is 19.1. The molecule has 2 heteroatoms. The van der Waals surface area contributed by atoms with Crippen LogP contribution in [0.25, 0.3) is 0 Å². The van der Waals surface area contributed by atoms with Gasteiger partial charge in [-0.1, -0.05) is 20.8 Å². The Labute approximate surface area is 81.3 Å². The maximum absolute atomic E-state index is 12.0. The Kier molecular flexibility index (Phi) is 4.17. The van der Waals surface area contributed by atoms with Crippen molar-refractivity contribution in [2.24, 2.45) is 11.8 Å². The first kappa shape index (κ1) is 11.0. The maximum atomic E-state index is 12.0. The highest BCUT2D eigenvalue weighted by molar-refractivity contribution is 4.84. The summed E-state index contributed by atoms with van der Waals surface area (Å²) in [7, 11) is 0. The second-order valence-electron chi connectivity index (χ2n) is 4.69. The fourth-order valence-electron chi connectivity index (χ4n) is 2.39. The van der Waals surface area contributed by atoms with Gasteiger partial charge in [0.2, 0.25) is 0 Å². The highest BCUT2D eigenvalue weighted by Gasteiger charge is 2.30. The zero-order chi connectivity index (χ0) is 9.84. The topological polar surface area (TPSA) is 3.24 Å². The maximum Gasteiger partial charge on any atom is 0.0906 e. The third-order valence-corrected chi connectivity index (χ3v) is 3.01. The van der Waals surface area contributed by atoms with Crippen LogP contribution in [0, 0.1) is 11.8 Å². The van der Waals surface area contributed by atoms with E-state index in [1.807, 2.05) is 0 Å². The second-order valence-corrected chi connectivity index (χ2v) is 4.69. The van der Waals surface area contributed by atoms with Gasteiger partial charge >= 0.3 is 0 Å². The van der Waals surface area contributed by atoms with Crippen molar-refractivity contribution in [3.63, 3.8) is 0 Å². The summed E-state index contributed by atoms with van der Waals surface area (Å²) < 4.78 is 12.0. The highest BCUT2D eigenvalue weighted by Crippen LogP contribution is 2.27. The Bertz CT molecular complexity index is 147. The van der Waals surface area contributed by atoms with Gasteiger partial charge in [-0.2, -0.15) is 0 Å². The predicted octanol–water partition coefficient (Wildman–Crippen LogP) is 2.71. The van der Waals surface area contributed by atoms with Crippen molar-refractivity contribution in [1.82, 2.24) is 4.90 Å². The van der Waals surface area contributed by atoms with Crippen molar-refractivity contribution in [3.8, 4) is 0 Å². The van der Waals surface area contributed by atoms with Gasteiger partial charge in [-0.05, 0) is 24.7 Å². The molecular formula is C11H22FN. The summed E-state index contributed by atoms with van der Waals surface area (Å²) in [6, 6.07) is 0.696. The minimum absolute atomic E-state index is 0.171. The van der Waals surface area contributed by atoms with Gasteiger partial charge in [-0.25, -0.2) is 0 Å². The molecule has 1 aliphatic rings. The quantitative estimate of drug-likeness (QED) is 0.654. The van der Waals surface area contributed by atoms with E-state index in [-0.39, 0.29) is 6.67 Å². The first-order valence-corrected chi connectivity index (χ1v) is 5.45. The van der Waals surface area contributed by atoms with Crippen LogP contribution in [-0.4, -0.2) is 30.7 Å². The van der Waals surface area contributed by atoms with Crippen LogP contribution >= 0.6 is 0 Å². The number of rotatable bonds is 4. The molecule has 1 rings (SSSR count). The lowest BCUT2D eigenvalue weighted by atomic mass is 9.98. The van der Waals surface area contributed by atoms with Crippen molar-refractivity contribution in [2.75, 3.05) is 19.8 Å². The van der Waals surface area contributed by atoms with Crippen LogP contribution in [0.1, 0.15) is 33.6 Å². The van der Waals surface area contributed by atoms with Crippen LogP contribution < -0.4 is 0 Å². The van der Waals surface area contributed by atoms with Crippen LogP contribution in [0.5, 0.6) is 0 Å². The molecule has 1 nitrogen and oxygen atoms in total. The number of halogens is 1. The van der Waals surface area contributed by atoms with Gasteiger partial charge in [0.05, 0.1) is 6.67 Å². The molecule has 0 aliphatic carbocycles. The molecule has 0 aromatic heterocycles. The lowest BCUT2D eigenvalue weighted by Crippen LogP contribution is -2.34. The van der Waals surface area contributed by atoms with Gasteiger partial charge in [0, 0.05) is 19.1 Å². The van der Waals surface area contributed by atoms with E-state index in [1.165, 1.54) is 13.0 Å². The third kappa shape index (κ3) is 2.94. The van der Waals surface area contributed by atoms with Gasteiger partial charge in [-0.3, -0.25) is 9.29 Å². The molecule has 1 saturated heterocycles. The normalized spacial score (nSPS) is 30.2. The number of hydrogen-bond donors (Lipinski definition) is 0. The summed E-state index contributed by atoms with van der Waals surface area (Å²) in [6.07, 6.45) is 2.00. The largest absolute Gasteiger partial charge is 0.300 e. The molecule has 1 aliphatic heterocycles. The molecule has 0 bridgehead atoms. The average Bonchev–Trinajstić information content (AvgIpc) is 2.43. The number of likely N-dealkylation sites (tertiary alicyclic amines) is 1. The minimum Gasteiger partial charge on any atom is -0.300 e. The first-order valence-electron chi connectivity index (χ1n) is 5.45. The Morgan fingerprint density at radius 3 is 2.69 bits per heavy atom. The summed E-state index contributed by atoms with van der Waals surface area (Å²) in [5.74, 6) is 1.51. The number of nitrogens with zero attached hydrogens (tertiary/aromatic N) is 1. The van der Waals surface area contributed by atoms with E-state index >= 15 is 0 Å². The van der Waals surface area contributed by atoms with Crippen molar-refractivity contribution in [1.29, 1.82) is 0 Å². The number of alkyl halides is 1. The molecule has 13 heavy (non-hydrogen) atoms. The minimum atomic E-state index is -0.171. The van der Waals surface area contributed by atoms with E-state index in [4.69, 9.17) is 0 Å². The SMILES string of the molecule is CC1CC(C(C)C)N(CCCF)C1. The predicted molar refractivity (Wildman–Crippen MR) is 54.6 cm³/mol. The average molecular weight is 187 g/mol. The van der Waals surface area contributed by atoms with E-state index in [0.717, 1.165) is 12.5 Å². The monoisotopic (exact) mass is 187 g/mol. The van der Waals surface area contributed by atoms with E-state index in [9.17, 15) is 4.39 Å². The second kappa shape index (κ2) is 4.94. The fourth-order valence-corrected chi connectivity index (χ4v) is 2.39. The van der Waals surface area contributed by atoms with Crippen molar-refractivity contribution in [3.05, 3.63) is 0 Å². The van der Waals surface area contributed by atoms with Gasteiger partial charge in [0.1, 0.15) is 0 Å². The first-order chi connectivity index (χ1) is 6.15. The molecule has 0 aromatic carbocycles. The molecule has 2 atom stereocenters. The molecule has 0 radical (unpaired) electrons.